The summed E-state index contributed by atoms with van der Waals surface area (Å²) in [4.78, 5) is 14.2. The molecule has 7 heteroatoms. The topological polar surface area (TPSA) is 65.7 Å². The molecule has 1 atom stereocenters. The molecule has 1 fully saturated rings. The molecule has 2 aromatic rings. The number of amides is 1. The summed E-state index contributed by atoms with van der Waals surface area (Å²) in [5.41, 5.74) is -1.03. The van der Waals surface area contributed by atoms with Crippen LogP contribution in [0.3, 0.4) is 0 Å². The number of hydrogen-bond donors (Lipinski definition) is 2. The third kappa shape index (κ3) is 4.11. The number of halogens is 2. The molecular weight excluding hydrogens is 342 g/mol. The van der Waals surface area contributed by atoms with E-state index in [1.54, 1.807) is 0 Å². The number of piperidine rings is 1. The van der Waals surface area contributed by atoms with Gasteiger partial charge in [-0.3, -0.25) is 4.79 Å². The van der Waals surface area contributed by atoms with E-state index in [2.05, 4.69) is 5.32 Å². The van der Waals surface area contributed by atoms with Gasteiger partial charge in [0.25, 0.3) is 5.91 Å². The number of aryl methyl sites for hydroxylation is 1. The van der Waals surface area contributed by atoms with Crippen LogP contribution in [0.25, 0.3) is 0 Å². The number of carbonyl (C=O) groups is 1. The SMILES string of the molecule is Cc1ccc(CNC[C@]2(O)CCCN(Cc3ccc(F)c(F)c3)C2=O)o1. The molecule has 1 aliphatic rings. The molecule has 5 nitrogen and oxygen atoms in total. The molecule has 1 aromatic heterocycles. The Morgan fingerprint density at radius 2 is 2.08 bits per heavy atom. The van der Waals surface area contributed by atoms with Gasteiger partial charge in [-0.25, -0.2) is 8.78 Å². The van der Waals surface area contributed by atoms with E-state index in [4.69, 9.17) is 4.42 Å². The second-order valence-corrected chi connectivity index (χ2v) is 6.73. The van der Waals surface area contributed by atoms with E-state index in [9.17, 15) is 18.7 Å². The van der Waals surface area contributed by atoms with Crippen molar-refractivity contribution in [2.45, 2.75) is 38.5 Å². The van der Waals surface area contributed by atoms with Crippen LogP contribution in [0.4, 0.5) is 8.78 Å². The molecule has 1 aromatic carbocycles. The van der Waals surface area contributed by atoms with Crippen molar-refractivity contribution in [2.24, 2.45) is 0 Å². The standard InChI is InChI=1S/C19H22F2N2O3/c1-13-3-5-15(26-13)10-22-12-19(25)7-2-8-23(18(19)24)11-14-4-6-16(20)17(21)9-14/h3-6,9,22,25H,2,7-8,10-12H2,1H3/t19-/m1/s1. The van der Waals surface area contributed by atoms with E-state index >= 15 is 0 Å². The lowest BCUT2D eigenvalue weighted by molar-refractivity contribution is -0.157. The summed E-state index contributed by atoms with van der Waals surface area (Å²) in [7, 11) is 0. The molecule has 0 radical (unpaired) electrons. The van der Waals surface area contributed by atoms with Crippen LogP contribution in [0.15, 0.2) is 34.7 Å². The zero-order valence-corrected chi connectivity index (χ0v) is 14.6. The Morgan fingerprint density at radius 3 is 2.77 bits per heavy atom. The van der Waals surface area contributed by atoms with Crippen molar-refractivity contribution in [1.82, 2.24) is 10.2 Å². The zero-order valence-electron chi connectivity index (χ0n) is 14.6. The first-order valence-corrected chi connectivity index (χ1v) is 8.59. The van der Waals surface area contributed by atoms with Gasteiger partial charge in [-0.15, -0.1) is 0 Å². The van der Waals surface area contributed by atoms with E-state index in [0.717, 1.165) is 23.7 Å². The number of nitrogens with zero attached hydrogens (tertiary/aromatic N) is 1. The molecule has 2 N–H and O–H groups in total. The molecule has 0 bridgehead atoms. The number of nitrogens with one attached hydrogen (secondary N) is 1. The highest BCUT2D eigenvalue weighted by Gasteiger charge is 2.41. The highest BCUT2D eigenvalue weighted by Crippen LogP contribution is 2.24. The highest BCUT2D eigenvalue weighted by atomic mass is 19.2. The molecular formula is C19H22F2N2O3. The lowest BCUT2D eigenvalue weighted by atomic mass is 9.91. The summed E-state index contributed by atoms with van der Waals surface area (Å²) in [6, 6.07) is 7.24. The number of rotatable bonds is 6. The van der Waals surface area contributed by atoms with E-state index in [1.807, 2.05) is 19.1 Å². The van der Waals surface area contributed by atoms with E-state index in [-0.39, 0.29) is 13.1 Å². The number of furan rings is 1. The normalized spacial score (nSPS) is 20.6. The summed E-state index contributed by atoms with van der Waals surface area (Å²) in [6.07, 6.45) is 0.984. The quantitative estimate of drug-likeness (QED) is 0.827. The second kappa shape index (κ2) is 7.55. The maximum Gasteiger partial charge on any atom is 0.256 e. The van der Waals surface area contributed by atoms with Crippen LogP contribution in [0, 0.1) is 18.6 Å². The van der Waals surface area contributed by atoms with Crippen LogP contribution in [0.2, 0.25) is 0 Å². The highest BCUT2D eigenvalue weighted by molar-refractivity contribution is 5.86. The second-order valence-electron chi connectivity index (χ2n) is 6.73. The predicted molar refractivity (Wildman–Crippen MR) is 91.1 cm³/mol. The fourth-order valence-corrected chi connectivity index (χ4v) is 3.21. The molecule has 1 amide bonds. The first-order chi connectivity index (χ1) is 12.4. The molecule has 0 spiro atoms. The van der Waals surface area contributed by atoms with Gasteiger partial charge >= 0.3 is 0 Å². The van der Waals surface area contributed by atoms with E-state index in [0.29, 0.717) is 31.5 Å². The number of hydrogen-bond acceptors (Lipinski definition) is 4. The number of carbonyl (C=O) groups excluding carboxylic acids is 1. The molecule has 2 heterocycles. The summed E-state index contributed by atoms with van der Waals surface area (Å²) in [5.74, 6) is -0.748. The van der Waals surface area contributed by atoms with E-state index < -0.39 is 23.1 Å². The third-order valence-corrected chi connectivity index (χ3v) is 4.57. The van der Waals surface area contributed by atoms with Crippen molar-refractivity contribution in [3.05, 3.63) is 59.1 Å². The lowest BCUT2D eigenvalue weighted by Crippen LogP contribution is -2.57. The van der Waals surface area contributed by atoms with Crippen molar-refractivity contribution in [2.75, 3.05) is 13.1 Å². The van der Waals surface area contributed by atoms with Crippen molar-refractivity contribution >= 4 is 5.91 Å². The number of likely N-dealkylation sites (tertiary alicyclic amines) is 1. The van der Waals surface area contributed by atoms with Crippen molar-refractivity contribution in [1.29, 1.82) is 0 Å². The van der Waals surface area contributed by atoms with Crippen LogP contribution in [-0.2, 0) is 17.9 Å². The lowest BCUT2D eigenvalue weighted by Gasteiger charge is -2.38. The Hall–Kier alpha value is -2.25. The minimum absolute atomic E-state index is 0.0971. The molecule has 3 rings (SSSR count). The maximum atomic E-state index is 13.4. The Labute approximate surface area is 150 Å². The molecule has 0 saturated carbocycles. The van der Waals surface area contributed by atoms with Crippen LogP contribution in [0.1, 0.15) is 29.9 Å². The molecule has 1 aliphatic heterocycles. The minimum Gasteiger partial charge on any atom is -0.465 e. The first kappa shape index (κ1) is 18.5. The third-order valence-electron chi connectivity index (χ3n) is 4.57. The van der Waals surface area contributed by atoms with Gasteiger partial charge in [-0.1, -0.05) is 6.07 Å². The average molecular weight is 364 g/mol. The van der Waals surface area contributed by atoms with Gasteiger partial charge in [0.2, 0.25) is 0 Å². The van der Waals surface area contributed by atoms with Gasteiger partial charge < -0.3 is 19.7 Å². The van der Waals surface area contributed by atoms with Gasteiger partial charge in [0.15, 0.2) is 17.2 Å². The Balaban J connectivity index is 1.61. The van der Waals surface area contributed by atoms with Crippen LogP contribution < -0.4 is 5.32 Å². The number of aliphatic hydroxyl groups is 1. The zero-order chi connectivity index (χ0) is 18.7. The smallest absolute Gasteiger partial charge is 0.256 e. The van der Waals surface area contributed by atoms with Crippen molar-refractivity contribution < 1.29 is 23.1 Å². The van der Waals surface area contributed by atoms with Gasteiger partial charge in [0.05, 0.1) is 6.54 Å². The van der Waals surface area contributed by atoms with Gasteiger partial charge in [0.1, 0.15) is 11.5 Å². The fourth-order valence-electron chi connectivity index (χ4n) is 3.21. The van der Waals surface area contributed by atoms with E-state index in [1.165, 1.54) is 11.0 Å². The van der Waals surface area contributed by atoms with Crippen LogP contribution >= 0.6 is 0 Å². The Bertz CT molecular complexity index is 793. The van der Waals surface area contributed by atoms with Gasteiger partial charge in [0, 0.05) is 19.6 Å². The Morgan fingerprint density at radius 1 is 1.27 bits per heavy atom. The fraction of sp³-hybridized carbons (Fsp3) is 0.421. The summed E-state index contributed by atoms with van der Waals surface area (Å²) in [5, 5.41) is 13.8. The monoisotopic (exact) mass is 364 g/mol. The van der Waals surface area contributed by atoms with Crippen molar-refractivity contribution in [3.63, 3.8) is 0 Å². The van der Waals surface area contributed by atoms with Crippen LogP contribution in [-0.4, -0.2) is 34.6 Å². The van der Waals surface area contributed by atoms with Gasteiger partial charge in [-0.05, 0) is 49.6 Å². The summed E-state index contributed by atoms with van der Waals surface area (Å²) < 4.78 is 31.9. The molecule has 1 saturated heterocycles. The van der Waals surface area contributed by atoms with Crippen molar-refractivity contribution in [3.8, 4) is 0 Å². The number of benzene rings is 1. The average Bonchev–Trinajstić information content (AvgIpc) is 3.01. The molecule has 26 heavy (non-hydrogen) atoms. The largest absolute Gasteiger partial charge is 0.465 e. The minimum atomic E-state index is -1.52. The maximum absolute atomic E-state index is 13.4. The Kier molecular flexibility index (Phi) is 5.38. The summed E-state index contributed by atoms with van der Waals surface area (Å²) in [6.45, 7) is 2.96. The summed E-state index contributed by atoms with van der Waals surface area (Å²) >= 11 is 0. The molecule has 0 unspecified atom stereocenters. The molecule has 0 aliphatic carbocycles. The first-order valence-electron chi connectivity index (χ1n) is 8.59. The predicted octanol–water partition coefficient (Wildman–Crippen LogP) is 2.51. The van der Waals surface area contributed by atoms with Gasteiger partial charge in [-0.2, -0.15) is 0 Å². The van der Waals surface area contributed by atoms with Crippen LogP contribution in [0.5, 0.6) is 0 Å². The molecule has 140 valence electrons.